The molecule has 68 valence electrons. The lowest BCUT2D eigenvalue weighted by Gasteiger charge is -2.07. The van der Waals surface area contributed by atoms with E-state index >= 15 is 0 Å². The van der Waals surface area contributed by atoms with Gasteiger partial charge in [0, 0.05) is 5.03 Å². The molecule has 0 fully saturated rings. The van der Waals surface area contributed by atoms with Crippen LogP contribution in [0, 0.1) is 5.92 Å². The quantitative estimate of drug-likeness (QED) is 0.575. The molecule has 0 bridgehead atoms. The highest BCUT2D eigenvalue weighted by Gasteiger charge is 1.98. The number of hydrogen-bond donors (Lipinski definition) is 0. The first-order valence-electron chi connectivity index (χ1n) is 4.15. The molecule has 0 N–H and O–H groups in total. The fourth-order valence-corrected chi connectivity index (χ4v) is 0.865. The first-order valence-corrected chi connectivity index (χ1v) is 4.52. The Balaban J connectivity index is 4.47. The summed E-state index contributed by atoms with van der Waals surface area (Å²) in [4.78, 5) is 0. The second-order valence-electron chi connectivity index (χ2n) is 3.30. The van der Waals surface area contributed by atoms with Crippen molar-refractivity contribution in [3.63, 3.8) is 0 Å². The van der Waals surface area contributed by atoms with Crippen molar-refractivity contribution >= 4 is 11.6 Å². The SMILES string of the molecule is C=C(Cl)/C=C\C(C)=C(/C)C(C)C. The summed E-state index contributed by atoms with van der Waals surface area (Å²) in [7, 11) is 0. The second kappa shape index (κ2) is 5.21. The summed E-state index contributed by atoms with van der Waals surface area (Å²) in [6, 6.07) is 0. The molecule has 0 saturated carbocycles. The lowest BCUT2D eigenvalue weighted by Crippen LogP contribution is -1.91. The monoisotopic (exact) mass is 184 g/mol. The highest BCUT2D eigenvalue weighted by molar-refractivity contribution is 6.30. The molecule has 0 spiro atoms. The third kappa shape index (κ3) is 4.40. The zero-order chi connectivity index (χ0) is 9.72. The molecule has 0 aliphatic heterocycles. The zero-order valence-corrected chi connectivity index (χ0v) is 9.07. The number of hydrogen-bond acceptors (Lipinski definition) is 0. The van der Waals surface area contributed by atoms with E-state index in [0.717, 1.165) is 0 Å². The van der Waals surface area contributed by atoms with Crippen molar-refractivity contribution < 1.29 is 0 Å². The highest BCUT2D eigenvalue weighted by Crippen LogP contribution is 2.15. The lowest BCUT2D eigenvalue weighted by molar-refractivity contribution is 0.760. The van der Waals surface area contributed by atoms with Crippen molar-refractivity contribution in [2.75, 3.05) is 0 Å². The fourth-order valence-electron chi connectivity index (χ4n) is 0.802. The van der Waals surface area contributed by atoms with Gasteiger partial charge in [-0.2, -0.15) is 0 Å². The van der Waals surface area contributed by atoms with Crippen LogP contribution < -0.4 is 0 Å². The van der Waals surface area contributed by atoms with Crippen LogP contribution in [0.4, 0.5) is 0 Å². The predicted octanol–water partition coefficient (Wildman–Crippen LogP) is 4.29. The van der Waals surface area contributed by atoms with E-state index in [2.05, 4.69) is 34.3 Å². The van der Waals surface area contributed by atoms with Gasteiger partial charge >= 0.3 is 0 Å². The van der Waals surface area contributed by atoms with E-state index in [9.17, 15) is 0 Å². The third-order valence-corrected chi connectivity index (χ3v) is 2.13. The minimum absolute atomic E-state index is 0.575. The molecule has 0 nitrogen and oxygen atoms in total. The average Bonchev–Trinajstić information content (AvgIpc) is 1.98. The van der Waals surface area contributed by atoms with Crippen LogP contribution in [0.1, 0.15) is 27.7 Å². The minimum Gasteiger partial charge on any atom is -0.0850 e. The Morgan fingerprint density at radius 1 is 1.25 bits per heavy atom. The molecule has 0 aromatic rings. The summed E-state index contributed by atoms with van der Waals surface area (Å²) in [5.41, 5.74) is 2.66. The maximum Gasteiger partial charge on any atom is 0.0334 e. The summed E-state index contributed by atoms with van der Waals surface area (Å²) in [5.74, 6) is 0.596. The van der Waals surface area contributed by atoms with Gasteiger partial charge in [-0.1, -0.05) is 49.2 Å². The summed E-state index contributed by atoms with van der Waals surface area (Å²) in [6.07, 6.45) is 3.83. The standard InChI is InChI=1S/C11H17Cl/c1-8(2)11(5)9(3)6-7-10(4)12/h6-8H,4H2,1-3,5H3/b7-6-,11-9+. The first-order chi connectivity index (χ1) is 5.45. The summed E-state index contributed by atoms with van der Waals surface area (Å²) in [5, 5.41) is 0.575. The Kier molecular flexibility index (Phi) is 5.00. The van der Waals surface area contributed by atoms with Gasteiger partial charge in [0.15, 0.2) is 0 Å². The zero-order valence-electron chi connectivity index (χ0n) is 8.32. The van der Waals surface area contributed by atoms with Gasteiger partial charge in [-0.3, -0.25) is 0 Å². The lowest BCUT2D eigenvalue weighted by atomic mass is 10.00. The Morgan fingerprint density at radius 3 is 2.08 bits per heavy atom. The number of halogens is 1. The largest absolute Gasteiger partial charge is 0.0850 e. The van der Waals surface area contributed by atoms with Gasteiger partial charge in [0.25, 0.3) is 0 Å². The van der Waals surface area contributed by atoms with E-state index in [1.165, 1.54) is 11.1 Å². The Bertz CT molecular complexity index is 219. The van der Waals surface area contributed by atoms with Crippen LogP contribution >= 0.6 is 11.6 Å². The Morgan fingerprint density at radius 2 is 1.75 bits per heavy atom. The topological polar surface area (TPSA) is 0 Å². The van der Waals surface area contributed by atoms with Crippen LogP contribution in [-0.2, 0) is 0 Å². The van der Waals surface area contributed by atoms with E-state index in [-0.39, 0.29) is 0 Å². The van der Waals surface area contributed by atoms with Crippen molar-refractivity contribution in [1.29, 1.82) is 0 Å². The summed E-state index contributed by atoms with van der Waals surface area (Å²) in [6.45, 7) is 12.2. The molecule has 0 rings (SSSR count). The number of allylic oxidation sites excluding steroid dienone is 5. The molecular weight excluding hydrogens is 168 g/mol. The van der Waals surface area contributed by atoms with E-state index in [1.54, 1.807) is 0 Å². The van der Waals surface area contributed by atoms with Gasteiger partial charge in [-0.05, 0) is 25.8 Å². The van der Waals surface area contributed by atoms with Crippen molar-refractivity contribution in [1.82, 2.24) is 0 Å². The summed E-state index contributed by atoms with van der Waals surface area (Å²) < 4.78 is 0. The normalized spacial score (nSPS) is 13.8. The van der Waals surface area contributed by atoms with E-state index in [0.29, 0.717) is 11.0 Å². The smallest absolute Gasteiger partial charge is 0.0334 e. The highest BCUT2D eigenvalue weighted by atomic mass is 35.5. The van der Waals surface area contributed by atoms with E-state index in [1.807, 2.05) is 12.2 Å². The number of rotatable bonds is 3. The first kappa shape index (κ1) is 11.5. The minimum atomic E-state index is 0.575. The van der Waals surface area contributed by atoms with Crippen LogP contribution in [0.15, 0.2) is 34.9 Å². The third-order valence-electron chi connectivity index (χ3n) is 2.00. The average molecular weight is 185 g/mol. The van der Waals surface area contributed by atoms with Crippen LogP contribution in [0.25, 0.3) is 0 Å². The molecule has 0 aromatic heterocycles. The summed E-state index contributed by atoms with van der Waals surface area (Å²) >= 11 is 5.60. The van der Waals surface area contributed by atoms with Gasteiger partial charge < -0.3 is 0 Å². The maximum absolute atomic E-state index is 5.60. The van der Waals surface area contributed by atoms with Gasteiger partial charge in [0.1, 0.15) is 0 Å². The molecule has 0 atom stereocenters. The molecule has 0 aliphatic carbocycles. The molecular formula is C11H17Cl. The molecule has 12 heavy (non-hydrogen) atoms. The van der Waals surface area contributed by atoms with Crippen LogP contribution in [0.2, 0.25) is 0 Å². The molecule has 0 amide bonds. The molecule has 0 unspecified atom stereocenters. The van der Waals surface area contributed by atoms with Gasteiger partial charge in [-0.15, -0.1) is 0 Å². The van der Waals surface area contributed by atoms with Crippen molar-refractivity contribution in [3.8, 4) is 0 Å². The molecule has 0 heterocycles. The van der Waals surface area contributed by atoms with E-state index in [4.69, 9.17) is 11.6 Å². The van der Waals surface area contributed by atoms with Crippen molar-refractivity contribution in [3.05, 3.63) is 34.9 Å². The molecule has 0 aromatic carbocycles. The van der Waals surface area contributed by atoms with Gasteiger partial charge in [0.05, 0.1) is 0 Å². The van der Waals surface area contributed by atoms with E-state index < -0.39 is 0 Å². The van der Waals surface area contributed by atoms with Gasteiger partial charge in [0.2, 0.25) is 0 Å². The molecule has 1 heteroatoms. The predicted molar refractivity (Wildman–Crippen MR) is 57.3 cm³/mol. The molecule has 0 radical (unpaired) electrons. The maximum atomic E-state index is 5.60. The molecule has 0 saturated heterocycles. The van der Waals surface area contributed by atoms with Crippen molar-refractivity contribution in [2.24, 2.45) is 5.92 Å². The Hall–Kier alpha value is -0.490. The Labute approximate surface area is 80.6 Å². The van der Waals surface area contributed by atoms with Crippen molar-refractivity contribution in [2.45, 2.75) is 27.7 Å². The van der Waals surface area contributed by atoms with Crippen LogP contribution in [-0.4, -0.2) is 0 Å². The van der Waals surface area contributed by atoms with Crippen LogP contribution in [0.3, 0.4) is 0 Å². The molecule has 0 aliphatic rings. The van der Waals surface area contributed by atoms with Gasteiger partial charge in [-0.25, -0.2) is 0 Å². The second-order valence-corrected chi connectivity index (χ2v) is 3.79. The van der Waals surface area contributed by atoms with Crippen LogP contribution in [0.5, 0.6) is 0 Å². The fraction of sp³-hybridized carbons (Fsp3) is 0.455.